The molecule has 1 N–H and O–H groups in total. The van der Waals surface area contributed by atoms with E-state index in [1.807, 2.05) is 0 Å². The van der Waals surface area contributed by atoms with Crippen LogP contribution in [-0.4, -0.2) is 16.2 Å². The lowest BCUT2D eigenvalue weighted by Crippen LogP contribution is -2.14. The predicted octanol–water partition coefficient (Wildman–Crippen LogP) is 2.51. The standard InChI is InChI=1S/C11H8F3N3OS/c1-5-16-9-3-8(11(12,13)14)6(4-15-19)2-7(9)10(18)17-5/h2-4,19H,1H3,(H,16,17,18)/b15-4+. The molecule has 0 bridgehead atoms. The maximum atomic E-state index is 12.9. The van der Waals surface area contributed by atoms with Crippen LogP contribution in [0.5, 0.6) is 0 Å². The highest BCUT2D eigenvalue weighted by Crippen LogP contribution is 2.33. The second-order valence-corrected chi connectivity index (χ2v) is 4.08. The molecular weight excluding hydrogens is 279 g/mol. The molecule has 0 amide bonds. The van der Waals surface area contributed by atoms with Crippen LogP contribution in [0.2, 0.25) is 0 Å². The normalized spacial score (nSPS) is 12.5. The van der Waals surface area contributed by atoms with Gasteiger partial charge in [-0.3, -0.25) is 4.79 Å². The van der Waals surface area contributed by atoms with E-state index in [0.717, 1.165) is 18.3 Å². The third-order valence-corrected chi connectivity index (χ3v) is 2.61. The Morgan fingerprint density at radius 3 is 2.68 bits per heavy atom. The summed E-state index contributed by atoms with van der Waals surface area (Å²) in [5.74, 6) is 0.251. The van der Waals surface area contributed by atoms with Gasteiger partial charge in [-0.05, 0) is 31.9 Å². The van der Waals surface area contributed by atoms with Gasteiger partial charge in [0.15, 0.2) is 0 Å². The monoisotopic (exact) mass is 287 g/mol. The largest absolute Gasteiger partial charge is 0.417 e. The maximum absolute atomic E-state index is 12.9. The molecule has 2 aromatic rings. The van der Waals surface area contributed by atoms with Crippen LogP contribution in [0.15, 0.2) is 21.3 Å². The molecule has 19 heavy (non-hydrogen) atoms. The smallest absolute Gasteiger partial charge is 0.310 e. The van der Waals surface area contributed by atoms with Gasteiger partial charge in [0, 0.05) is 11.8 Å². The van der Waals surface area contributed by atoms with Crippen LogP contribution in [0.3, 0.4) is 0 Å². The quantitative estimate of drug-likeness (QED) is 0.625. The van der Waals surface area contributed by atoms with Crippen molar-refractivity contribution < 1.29 is 13.2 Å². The number of hydrogen-bond donors (Lipinski definition) is 2. The van der Waals surface area contributed by atoms with E-state index in [0.29, 0.717) is 0 Å². The minimum Gasteiger partial charge on any atom is -0.310 e. The Labute approximate surface area is 110 Å². The molecule has 1 heterocycles. The van der Waals surface area contributed by atoms with Crippen molar-refractivity contribution >= 4 is 29.9 Å². The molecule has 8 heteroatoms. The van der Waals surface area contributed by atoms with E-state index in [1.165, 1.54) is 6.92 Å². The second kappa shape index (κ2) is 4.69. The van der Waals surface area contributed by atoms with E-state index >= 15 is 0 Å². The summed E-state index contributed by atoms with van der Waals surface area (Å²) in [6.07, 6.45) is -3.62. The third kappa shape index (κ3) is 2.62. The molecule has 0 radical (unpaired) electrons. The summed E-state index contributed by atoms with van der Waals surface area (Å²) in [6, 6.07) is 1.94. The lowest BCUT2D eigenvalue weighted by Gasteiger charge is -2.11. The number of halogens is 3. The fourth-order valence-corrected chi connectivity index (χ4v) is 1.86. The average Bonchev–Trinajstić information content (AvgIpc) is 2.28. The molecular formula is C11H8F3N3OS. The summed E-state index contributed by atoms with van der Waals surface area (Å²) in [5.41, 5.74) is -1.64. The Morgan fingerprint density at radius 2 is 2.11 bits per heavy atom. The molecule has 0 saturated heterocycles. The van der Waals surface area contributed by atoms with Gasteiger partial charge in [0.05, 0.1) is 16.5 Å². The van der Waals surface area contributed by atoms with Crippen molar-refractivity contribution in [3.63, 3.8) is 0 Å². The van der Waals surface area contributed by atoms with Crippen molar-refractivity contribution in [1.29, 1.82) is 0 Å². The van der Waals surface area contributed by atoms with Crippen molar-refractivity contribution in [2.24, 2.45) is 4.40 Å². The Balaban J connectivity index is 2.88. The molecule has 2 rings (SSSR count). The van der Waals surface area contributed by atoms with Gasteiger partial charge in [0.25, 0.3) is 5.56 Å². The zero-order valence-corrected chi connectivity index (χ0v) is 10.5. The van der Waals surface area contributed by atoms with Crippen LogP contribution in [0.4, 0.5) is 13.2 Å². The van der Waals surface area contributed by atoms with E-state index in [-0.39, 0.29) is 22.3 Å². The SMILES string of the molecule is Cc1nc2cc(C(F)(F)F)c(/C=N/S)cc2c(=O)[nH]1. The van der Waals surface area contributed by atoms with Crippen molar-refractivity contribution in [1.82, 2.24) is 9.97 Å². The summed E-state index contributed by atoms with van der Waals surface area (Å²) >= 11 is 3.51. The van der Waals surface area contributed by atoms with Gasteiger partial charge >= 0.3 is 6.18 Å². The molecule has 0 unspecified atom stereocenters. The van der Waals surface area contributed by atoms with Crippen molar-refractivity contribution in [3.8, 4) is 0 Å². The van der Waals surface area contributed by atoms with Crippen LogP contribution in [-0.2, 0) is 6.18 Å². The molecule has 0 aliphatic rings. The summed E-state index contributed by atoms with van der Waals surface area (Å²) in [6.45, 7) is 1.50. The van der Waals surface area contributed by atoms with Gasteiger partial charge in [-0.1, -0.05) is 0 Å². The number of hydrogen-bond acceptors (Lipinski definition) is 4. The van der Waals surface area contributed by atoms with Crippen molar-refractivity contribution in [2.75, 3.05) is 0 Å². The number of aromatic nitrogens is 2. The number of aryl methyl sites for hydroxylation is 1. The molecule has 0 fully saturated rings. The summed E-state index contributed by atoms with van der Waals surface area (Å²) in [7, 11) is 0. The first kappa shape index (κ1) is 13.6. The van der Waals surface area contributed by atoms with Crippen molar-refractivity contribution in [3.05, 3.63) is 39.4 Å². The highest BCUT2D eigenvalue weighted by molar-refractivity contribution is 7.79. The van der Waals surface area contributed by atoms with Gasteiger partial charge < -0.3 is 4.98 Å². The molecule has 1 aromatic carbocycles. The van der Waals surface area contributed by atoms with E-state index < -0.39 is 17.3 Å². The lowest BCUT2D eigenvalue weighted by molar-refractivity contribution is -0.137. The van der Waals surface area contributed by atoms with Gasteiger partial charge in [0.2, 0.25) is 0 Å². The van der Waals surface area contributed by atoms with E-state index in [1.54, 1.807) is 0 Å². The van der Waals surface area contributed by atoms with Gasteiger partial charge in [-0.15, -0.1) is 0 Å². The highest BCUT2D eigenvalue weighted by atomic mass is 32.1. The number of nitrogens with one attached hydrogen (secondary N) is 1. The summed E-state index contributed by atoms with van der Waals surface area (Å²) in [4.78, 5) is 18.0. The van der Waals surface area contributed by atoms with E-state index in [2.05, 4.69) is 27.2 Å². The number of rotatable bonds is 1. The molecule has 0 aliphatic carbocycles. The van der Waals surface area contributed by atoms with Crippen LogP contribution in [0.25, 0.3) is 10.9 Å². The number of fused-ring (bicyclic) bond motifs is 1. The minimum atomic E-state index is -4.56. The van der Waals surface area contributed by atoms with E-state index in [9.17, 15) is 18.0 Å². The number of aromatic amines is 1. The predicted molar refractivity (Wildman–Crippen MR) is 68.7 cm³/mol. The Hall–Kier alpha value is -1.83. The molecule has 4 nitrogen and oxygen atoms in total. The van der Waals surface area contributed by atoms with Crippen molar-refractivity contribution in [2.45, 2.75) is 13.1 Å². The van der Waals surface area contributed by atoms with E-state index in [4.69, 9.17) is 0 Å². The Morgan fingerprint density at radius 1 is 1.42 bits per heavy atom. The molecule has 0 aliphatic heterocycles. The van der Waals surface area contributed by atoms with Crippen LogP contribution in [0, 0.1) is 6.92 Å². The van der Waals surface area contributed by atoms with Gasteiger partial charge in [0.1, 0.15) is 5.82 Å². The molecule has 0 spiro atoms. The zero-order valence-electron chi connectivity index (χ0n) is 9.62. The first-order valence-electron chi connectivity index (χ1n) is 5.12. The minimum absolute atomic E-state index is 0.00936. The lowest BCUT2D eigenvalue weighted by atomic mass is 10.0. The molecule has 0 saturated carbocycles. The topological polar surface area (TPSA) is 58.1 Å². The number of alkyl halides is 3. The first-order chi connectivity index (χ1) is 8.82. The molecule has 1 aromatic heterocycles. The average molecular weight is 287 g/mol. The third-order valence-electron chi connectivity index (χ3n) is 2.50. The first-order valence-corrected chi connectivity index (χ1v) is 5.52. The number of nitrogens with zero attached hydrogens (tertiary/aromatic N) is 2. The number of H-pyrrole nitrogens is 1. The number of thiol groups is 1. The number of benzene rings is 1. The fraction of sp³-hybridized carbons (Fsp3) is 0.182. The van der Waals surface area contributed by atoms with Crippen LogP contribution in [0.1, 0.15) is 17.0 Å². The Bertz CT molecular complexity index is 721. The highest BCUT2D eigenvalue weighted by Gasteiger charge is 2.33. The summed E-state index contributed by atoms with van der Waals surface area (Å²) in [5, 5.41) is 0.0711. The second-order valence-electron chi connectivity index (χ2n) is 3.85. The maximum Gasteiger partial charge on any atom is 0.417 e. The van der Waals surface area contributed by atoms with Crippen LogP contribution < -0.4 is 5.56 Å². The zero-order chi connectivity index (χ0) is 14.2. The van der Waals surface area contributed by atoms with Crippen LogP contribution >= 0.6 is 12.8 Å². The Kier molecular flexibility index (Phi) is 3.36. The summed E-state index contributed by atoms with van der Waals surface area (Å²) < 4.78 is 42.0. The molecule has 0 atom stereocenters. The fourth-order valence-electron chi connectivity index (χ4n) is 1.73. The van der Waals surface area contributed by atoms with Gasteiger partial charge in [-0.2, -0.15) is 13.2 Å². The molecule has 100 valence electrons. The van der Waals surface area contributed by atoms with Gasteiger partial charge in [-0.25, -0.2) is 9.38 Å².